The van der Waals surface area contributed by atoms with Gasteiger partial charge in [-0.25, -0.2) is 9.97 Å². The first-order valence-corrected chi connectivity index (χ1v) is 10.00. The molecule has 8 nitrogen and oxygen atoms in total. The Morgan fingerprint density at radius 3 is 2.77 bits per heavy atom. The van der Waals surface area contributed by atoms with Crippen LogP contribution in [-0.2, 0) is 0 Å². The van der Waals surface area contributed by atoms with E-state index in [1.165, 1.54) is 17.5 Å². The number of carbonyl (C=O) groups is 1. The molecule has 1 amide bonds. The van der Waals surface area contributed by atoms with Gasteiger partial charge in [0.1, 0.15) is 21.8 Å². The van der Waals surface area contributed by atoms with Crippen LogP contribution in [0.15, 0.2) is 59.7 Å². The van der Waals surface area contributed by atoms with E-state index in [2.05, 4.69) is 20.3 Å². The number of aromatic nitrogens is 3. The van der Waals surface area contributed by atoms with Crippen molar-refractivity contribution in [1.29, 1.82) is 0 Å². The van der Waals surface area contributed by atoms with E-state index in [9.17, 15) is 9.59 Å². The maximum atomic E-state index is 12.9. The fraction of sp³-hybridized carbons (Fsp3) is 0.143. The van der Waals surface area contributed by atoms with E-state index in [1.807, 2.05) is 19.9 Å². The summed E-state index contributed by atoms with van der Waals surface area (Å²) in [6, 6.07) is 11.6. The molecular formula is C21H18N4O4S. The highest BCUT2D eigenvalue weighted by atomic mass is 32.1. The molecule has 2 N–H and O–H groups in total. The second-order valence-corrected chi connectivity index (χ2v) is 7.60. The topological polar surface area (TPSA) is 106 Å². The van der Waals surface area contributed by atoms with Gasteiger partial charge in [-0.3, -0.25) is 14.9 Å². The van der Waals surface area contributed by atoms with E-state index in [0.29, 0.717) is 27.7 Å². The van der Waals surface area contributed by atoms with Crippen molar-refractivity contribution >= 4 is 32.7 Å². The van der Waals surface area contributed by atoms with Crippen molar-refractivity contribution in [2.45, 2.75) is 20.0 Å². The quantitative estimate of drug-likeness (QED) is 0.482. The van der Waals surface area contributed by atoms with Crippen LogP contribution in [0.3, 0.4) is 0 Å². The molecule has 9 heteroatoms. The summed E-state index contributed by atoms with van der Waals surface area (Å²) < 4.78 is 11.4. The zero-order valence-electron chi connectivity index (χ0n) is 16.2. The zero-order valence-corrected chi connectivity index (χ0v) is 17.0. The minimum atomic E-state index is -0.380. The number of carbonyl (C=O) groups excluding carboxylic acids is 1. The first kappa shape index (κ1) is 19.6. The van der Waals surface area contributed by atoms with Crippen LogP contribution < -0.4 is 20.3 Å². The fourth-order valence-electron chi connectivity index (χ4n) is 2.71. The molecule has 0 saturated heterocycles. The number of rotatable bonds is 6. The van der Waals surface area contributed by atoms with Crippen LogP contribution >= 0.6 is 11.3 Å². The van der Waals surface area contributed by atoms with Crippen molar-refractivity contribution < 1.29 is 14.3 Å². The molecule has 0 atom stereocenters. The first-order valence-electron chi connectivity index (χ1n) is 9.18. The van der Waals surface area contributed by atoms with Crippen LogP contribution in [0.25, 0.3) is 10.3 Å². The van der Waals surface area contributed by atoms with Gasteiger partial charge in [-0.15, -0.1) is 0 Å². The molecule has 0 radical (unpaired) electrons. The van der Waals surface area contributed by atoms with Crippen LogP contribution in [0.5, 0.6) is 17.2 Å². The summed E-state index contributed by atoms with van der Waals surface area (Å²) in [6.45, 7) is 3.76. The number of ether oxygens (including phenoxy) is 2. The number of aromatic amines is 1. The molecule has 0 aliphatic carbocycles. The number of H-pyrrole nitrogens is 1. The van der Waals surface area contributed by atoms with Crippen LogP contribution in [-0.4, -0.2) is 27.0 Å². The summed E-state index contributed by atoms with van der Waals surface area (Å²) in [6.07, 6.45) is 3.08. The van der Waals surface area contributed by atoms with E-state index in [-0.39, 0.29) is 23.3 Å². The molecule has 3 aromatic heterocycles. The molecule has 4 rings (SSSR count). The summed E-state index contributed by atoms with van der Waals surface area (Å²) in [5, 5.41) is 3.22. The van der Waals surface area contributed by atoms with Crippen molar-refractivity contribution in [3.05, 3.63) is 70.8 Å². The molecule has 0 unspecified atom stereocenters. The second-order valence-electron chi connectivity index (χ2n) is 6.63. The highest BCUT2D eigenvalue weighted by Gasteiger charge is 2.15. The highest BCUT2D eigenvalue weighted by Crippen LogP contribution is 2.28. The largest absolute Gasteiger partial charge is 0.491 e. The van der Waals surface area contributed by atoms with Gasteiger partial charge >= 0.3 is 0 Å². The molecule has 4 aromatic rings. The Kier molecular flexibility index (Phi) is 5.44. The van der Waals surface area contributed by atoms with Crippen LogP contribution in [0.2, 0.25) is 0 Å². The lowest BCUT2D eigenvalue weighted by Gasteiger charge is -2.13. The SMILES string of the molecule is CC(C)Oc1cc(Oc2ccc[nH]c2=O)cc(C(=O)Nc2nc3cccnc3s2)c1. The number of thiazole rings is 1. The Hall–Kier alpha value is -3.72. The molecule has 0 saturated carbocycles. The third-order valence-corrected chi connectivity index (χ3v) is 4.81. The van der Waals surface area contributed by atoms with Crippen molar-refractivity contribution in [3.8, 4) is 17.2 Å². The van der Waals surface area contributed by atoms with Crippen molar-refractivity contribution in [3.63, 3.8) is 0 Å². The summed E-state index contributed by atoms with van der Waals surface area (Å²) >= 11 is 1.28. The summed E-state index contributed by atoms with van der Waals surface area (Å²) in [4.78, 5) is 36.7. The highest BCUT2D eigenvalue weighted by molar-refractivity contribution is 7.21. The number of nitrogens with one attached hydrogen (secondary N) is 2. The average molecular weight is 422 g/mol. The predicted molar refractivity (Wildman–Crippen MR) is 115 cm³/mol. The third-order valence-electron chi connectivity index (χ3n) is 3.91. The Balaban J connectivity index is 1.64. The zero-order chi connectivity index (χ0) is 21.1. The van der Waals surface area contributed by atoms with E-state index in [0.717, 1.165) is 4.83 Å². The number of fused-ring (bicyclic) bond motifs is 1. The molecule has 0 spiro atoms. The fourth-order valence-corrected chi connectivity index (χ4v) is 3.51. The number of amides is 1. The van der Waals surface area contributed by atoms with Gasteiger partial charge in [-0.1, -0.05) is 11.3 Å². The Morgan fingerprint density at radius 1 is 1.17 bits per heavy atom. The number of benzene rings is 1. The van der Waals surface area contributed by atoms with Gasteiger partial charge in [0.05, 0.1) is 6.10 Å². The van der Waals surface area contributed by atoms with E-state index in [4.69, 9.17) is 9.47 Å². The average Bonchev–Trinajstić information content (AvgIpc) is 3.11. The van der Waals surface area contributed by atoms with E-state index >= 15 is 0 Å². The van der Waals surface area contributed by atoms with Gasteiger partial charge in [0.25, 0.3) is 11.5 Å². The Labute approximate surface area is 175 Å². The standard InChI is InChI=1S/C21H18N4O4S/c1-12(2)28-14-9-13(10-15(11-14)29-17-6-4-7-22-19(17)27)18(26)25-21-24-16-5-3-8-23-20(16)30-21/h3-12H,1-2H3,(H,22,27)(H,24,25,26). The summed E-state index contributed by atoms with van der Waals surface area (Å²) in [7, 11) is 0. The lowest BCUT2D eigenvalue weighted by molar-refractivity contribution is 0.102. The van der Waals surface area contributed by atoms with Gasteiger partial charge in [0, 0.05) is 24.0 Å². The third kappa shape index (κ3) is 4.47. The van der Waals surface area contributed by atoms with Crippen LogP contribution in [0.1, 0.15) is 24.2 Å². The van der Waals surface area contributed by atoms with Crippen molar-refractivity contribution in [2.75, 3.05) is 5.32 Å². The maximum Gasteiger partial charge on any atom is 0.290 e. The number of nitrogens with zero attached hydrogens (tertiary/aromatic N) is 2. The molecule has 3 heterocycles. The van der Waals surface area contributed by atoms with Gasteiger partial charge in [0.15, 0.2) is 10.9 Å². The maximum absolute atomic E-state index is 12.9. The van der Waals surface area contributed by atoms with Gasteiger partial charge in [0.2, 0.25) is 0 Å². The normalized spacial score (nSPS) is 10.9. The molecule has 30 heavy (non-hydrogen) atoms. The summed E-state index contributed by atoms with van der Waals surface area (Å²) in [5.41, 5.74) is 0.644. The number of pyridine rings is 2. The lowest BCUT2D eigenvalue weighted by atomic mass is 10.2. The predicted octanol–water partition coefficient (Wildman–Crippen LogP) is 4.21. The minimum Gasteiger partial charge on any atom is -0.491 e. The first-order chi connectivity index (χ1) is 14.5. The number of anilines is 1. The molecule has 152 valence electrons. The number of hydrogen-bond acceptors (Lipinski definition) is 7. The molecule has 0 aliphatic heterocycles. The van der Waals surface area contributed by atoms with Crippen molar-refractivity contribution in [1.82, 2.24) is 15.0 Å². The van der Waals surface area contributed by atoms with Crippen LogP contribution in [0, 0.1) is 0 Å². The second kappa shape index (κ2) is 8.34. The monoisotopic (exact) mass is 422 g/mol. The van der Waals surface area contributed by atoms with Gasteiger partial charge in [-0.2, -0.15) is 0 Å². The molecular weight excluding hydrogens is 404 g/mol. The molecule has 0 fully saturated rings. The van der Waals surface area contributed by atoms with Crippen LogP contribution in [0.4, 0.5) is 5.13 Å². The summed E-state index contributed by atoms with van der Waals surface area (Å²) in [5.74, 6) is 0.491. The smallest absolute Gasteiger partial charge is 0.290 e. The van der Waals surface area contributed by atoms with E-state index in [1.54, 1.807) is 42.6 Å². The Bertz CT molecular complexity index is 1230. The van der Waals surface area contributed by atoms with Gasteiger partial charge in [-0.05, 0) is 50.2 Å². The molecule has 1 aromatic carbocycles. The van der Waals surface area contributed by atoms with Crippen molar-refractivity contribution in [2.24, 2.45) is 0 Å². The Morgan fingerprint density at radius 2 is 2.00 bits per heavy atom. The molecule has 0 aliphatic rings. The van der Waals surface area contributed by atoms with Gasteiger partial charge < -0.3 is 14.5 Å². The number of hydrogen-bond donors (Lipinski definition) is 2. The molecule has 0 bridgehead atoms. The van der Waals surface area contributed by atoms with E-state index < -0.39 is 0 Å². The lowest BCUT2D eigenvalue weighted by Crippen LogP contribution is -2.13. The minimum absolute atomic E-state index is 0.105.